The van der Waals surface area contributed by atoms with E-state index in [-0.39, 0.29) is 0 Å². The van der Waals surface area contributed by atoms with Crippen molar-refractivity contribution in [2.45, 2.75) is 12.8 Å². The predicted octanol–water partition coefficient (Wildman–Crippen LogP) is 4.94. The summed E-state index contributed by atoms with van der Waals surface area (Å²) >= 11 is 0. The summed E-state index contributed by atoms with van der Waals surface area (Å²) in [6, 6.07) is 21.6. The van der Waals surface area contributed by atoms with Gasteiger partial charge in [-0.15, -0.1) is 0 Å². The number of hydrogen-bond acceptors (Lipinski definition) is 3. The van der Waals surface area contributed by atoms with Gasteiger partial charge in [-0.2, -0.15) is 0 Å². The first-order valence-corrected chi connectivity index (χ1v) is 10.1. The number of fused-ring (bicyclic) bond motifs is 2. The molecule has 3 heteroatoms. The molecule has 0 aromatic heterocycles. The third-order valence-corrected chi connectivity index (χ3v) is 5.78. The van der Waals surface area contributed by atoms with Gasteiger partial charge in [-0.3, -0.25) is 4.90 Å². The minimum atomic E-state index is 0.636. The normalized spacial score (nSPS) is 16.8. The molecular formula is C25H25NO2. The van der Waals surface area contributed by atoms with Crippen LogP contribution in [0.2, 0.25) is 0 Å². The molecule has 0 unspecified atom stereocenters. The largest absolute Gasteiger partial charge is 0.486 e. The number of hydrogen-bond donors (Lipinski definition) is 0. The van der Waals surface area contributed by atoms with Gasteiger partial charge in [0, 0.05) is 19.6 Å². The molecule has 5 rings (SSSR count). The van der Waals surface area contributed by atoms with Gasteiger partial charge in [0.05, 0.1) is 0 Å². The summed E-state index contributed by atoms with van der Waals surface area (Å²) in [4.78, 5) is 2.54. The maximum atomic E-state index is 5.74. The third kappa shape index (κ3) is 3.50. The second-order valence-electron chi connectivity index (χ2n) is 7.53. The lowest BCUT2D eigenvalue weighted by atomic mass is 9.98. The van der Waals surface area contributed by atoms with E-state index >= 15 is 0 Å². The highest BCUT2D eigenvalue weighted by atomic mass is 16.6. The molecule has 2 heterocycles. The quantitative estimate of drug-likeness (QED) is 0.648. The highest BCUT2D eigenvalue weighted by Gasteiger charge is 2.17. The molecule has 0 saturated heterocycles. The third-order valence-electron chi connectivity index (χ3n) is 5.78. The summed E-state index contributed by atoms with van der Waals surface area (Å²) in [5, 5.41) is 2.72. The number of rotatable bonds is 4. The van der Waals surface area contributed by atoms with Gasteiger partial charge in [0.15, 0.2) is 11.5 Å². The molecule has 28 heavy (non-hydrogen) atoms. The van der Waals surface area contributed by atoms with E-state index < -0.39 is 0 Å². The van der Waals surface area contributed by atoms with Gasteiger partial charge in [0.25, 0.3) is 0 Å². The topological polar surface area (TPSA) is 21.7 Å². The van der Waals surface area contributed by atoms with Gasteiger partial charge >= 0.3 is 0 Å². The molecule has 0 fully saturated rings. The lowest BCUT2D eigenvalue weighted by Gasteiger charge is -2.27. The van der Waals surface area contributed by atoms with E-state index in [1.807, 2.05) is 6.07 Å². The van der Waals surface area contributed by atoms with Crippen LogP contribution < -0.4 is 9.47 Å². The molecule has 3 aromatic rings. The average Bonchev–Trinajstić information content (AvgIpc) is 2.77. The molecule has 0 amide bonds. The van der Waals surface area contributed by atoms with Crippen LogP contribution in [0.4, 0.5) is 0 Å². The van der Waals surface area contributed by atoms with Crippen LogP contribution in [-0.2, 0) is 6.42 Å². The van der Waals surface area contributed by atoms with Gasteiger partial charge in [-0.25, -0.2) is 0 Å². The van der Waals surface area contributed by atoms with E-state index in [9.17, 15) is 0 Å². The zero-order valence-corrected chi connectivity index (χ0v) is 16.1. The Kier molecular flexibility index (Phi) is 4.76. The lowest BCUT2D eigenvalue weighted by Crippen LogP contribution is -2.30. The van der Waals surface area contributed by atoms with Gasteiger partial charge in [-0.05, 0) is 52.4 Å². The van der Waals surface area contributed by atoms with Crippen LogP contribution >= 0.6 is 0 Å². The van der Waals surface area contributed by atoms with Crippen LogP contribution in [0.1, 0.15) is 17.5 Å². The van der Waals surface area contributed by atoms with Crippen molar-refractivity contribution in [2.75, 3.05) is 32.8 Å². The minimum absolute atomic E-state index is 0.636. The Hall–Kier alpha value is -2.78. The Bertz CT molecular complexity index is 1020. The zero-order valence-electron chi connectivity index (χ0n) is 16.1. The first kappa shape index (κ1) is 17.3. The van der Waals surface area contributed by atoms with Crippen LogP contribution in [-0.4, -0.2) is 37.7 Å². The zero-order chi connectivity index (χ0) is 18.8. The summed E-state index contributed by atoms with van der Waals surface area (Å²) in [5.74, 6) is 1.74. The minimum Gasteiger partial charge on any atom is -0.486 e. The van der Waals surface area contributed by atoms with E-state index in [1.165, 1.54) is 27.5 Å². The number of nitrogens with zero attached hydrogens (tertiary/aromatic N) is 1. The van der Waals surface area contributed by atoms with Gasteiger partial charge in [0.1, 0.15) is 13.2 Å². The first-order chi connectivity index (χ1) is 13.9. The summed E-state index contributed by atoms with van der Waals surface area (Å²) < 4.78 is 11.4. The monoisotopic (exact) mass is 371 g/mol. The van der Waals surface area contributed by atoms with E-state index in [4.69, 9.17) is 9.47 Å². The average molecular weight is 371 g/mol. The van der Waals surface area contributed by atoms with Crippen molar-refractivity contribution in [3.8, 4) is 11.5 Å². The Labute approximate surface area is 166 Å². The van der Waals surface area contributed by atoms with E-state index in [2.05, 4.69) is 65.6 Å². The Morgan fingerprint density at radius 2 is 1.71 bits per heavy atom. The molecule has 2 aliphatic heterocycles. The van der Waals surface area contributed by atoms with Crippen molar-refractivity contribution in [1.82, 2.24) is 4.90 Å². The molecule has 0 aliphatic carbocycles. The molecular weight excluding hydrogens is 346 g/mol. The molecule has 0 spiro atoms. The van der Waals surface area contributed by atoms with E-state index in [0.717, 1.165) is 44.0 Å². The van der Waals surface area contributed by atoms with Crippen LogP contribution in [0.5, 0.6) is 11.5 Å². The van der Waals surface area contributed by atoms with Crippen molar-refractivity contribution < 1.29 is 9.47 Å². The maximum absolute atomic E-state index is 5.74. The molecule has 0 N–H and O–H groups in total. The summed E-state index contributed by atoms with van der Waals surface area (Å²) in [6.45, 7) is 4.48. The molecule has 0 saturated carbocycles. The highest BCUT2D eigenvalue weighted by molar-refractivity contribution is 5.85. The molecule has 3 aromatic carbocycles. The van der Waals surface area contributed by atoms with Crippen molar-refractivity contribution in [1.29, 1.82) is 0 Å². The molecule has 3 nitrogen and oxygen atoms in total. The molecule has 0 radical (unpaired) electrons. The fourth-order valence-electron chi connectivity index (χ4n) is 4.21. The highest BCUT2D eigenvalue weighted by Crippen LogP contribution is 2.34. The van der Waals surface area contributed by atoms with E-state index in [1.54, 1.807) is 0 Å². The fraction of sp³-hybridized carbons (Fsp3) is 0.280. The molecule has 142 valence electrons. The SMILES string of the molecule is C1=C(c2ccc3c(c2)OCCO3)CCN(CCc2cccc3ccccc23)C1. The van der Waals surface area contributed by atoms with E-state index in [0.29, 0.717) is 13.2 Å². The fourth-order valence-corrected chi connectivity index (χ4v) is 4.21. The van der Waals surface area contributed by atoms with Crippen LogP contribution in [0, 0.1) is 0 Å². The van der Waals surface area contributed by atoms with Gasteiger partial charge in [0.2, 0.25) is 0 Å². The Balaban J connectivity index is 1.25. The van der Waals surface area contributed by atoms with Crippen molar-refractivity contribution >= 4 is 16.3 Å². The Morgan fingerprint density at radius 3 is 2.61 bits per heavy atom. The van der Waals surface area contributed by atoms with Crippen LogP contribution in [0.3, 0.4) is 0 Å². The van der Waals surface area contributed by atoms with Gasteiger partial charge < -0.3 is 9.47 Å². The second-order valence-corrected chi connectivity index (χ2v) is 7.53. The van der Waals surface area contributed by atoms with Crippen LogP contribution in [0.25, 0.3) is 16.3 Å². The number of benzene rings is 3. The second kappa shape index (κ2) is 7.69. The van der Waals surface area contributed by atoms with Crippen LogP contribution in [0.15, 0.2) is 66.7 Å². The molecule has 2 aliphatic rings. The first-order valence-electron chi connectivity index (χ1n) is 10.1. The predicted molar refractivity (Wildman–Crippen MR) is 114 cm³/mol. The Morgan fingerprint density at radius 1 is 0.857 bits per heavy atom. The standard InChI is InChI=1S/C25H25NO2/c1-2-7-23-20(4-1)5-3-6-21(23)12-15-26-13-10-19(11-14-26)22-8-9-24-25(18-22)28-17-16-27-24/h1-10,18H,11-17H2. The summed E-state index contributed by atoms with van der Waals surface area (Å²) in [5.41, 5.74) is 4.12. The number of ether oxygens (including phenoxy) is 2. The summed E-state index contributed by atoms with van der Waals surface area (Å²) in [6.07, 6.45) is 4.54. The summed E-state index contributed by atoms with van der Waals surface area (Å²) in [7, 11) is 0. The van der Waals surface area contributed by atoms with Crippen molar-refractivity contribution in [3.05, 3.63) is 77.9 Å². The van der Waals surface area contributed by atoms with Crippen molar-refractivity contribution in [3.63, 3.8) is 0 Å². The molecule has 0 atom stereocenters. The smallest absolute Gasteiger partial charge is 0.161 e. The lowest BCUT2D eigenvalue weighted by molar-refractivity contribution is 0.171. The maximum Gasteiger partial charge on any atom is 0.161 e. The van der Waals surface area contributed by atoms with Crippen molar-refractivity contribution in [2.24, 2.45) is 0 Å². The molecule has 0 bridgehead atoms. The van der Waals surface area contributed by atoms with Gasteiger partial charge in [-0.1, -0.05) is 54.6 Å².